The van der Waals surface area contributed by atoms with Gasteiger partial charge in [-0.25, -0.2) is 5.43 Å². The highest BCUT2D eigenvalue weighted by molar-refractivity contribution is 6.30. The van der Waals surface area contributed by atoms with Gasteiger partial charge in [-0.1, -0.05) is 66.2 Å². The van der Waals surface area contributed by atoms with Crippen molar-refractivity contribution in [2.75, 3.05) is 0 Å². The van der Waals surface area contributed by atoms with Gasteiger partial charge in [0.25, 0.3) is 5.91 Å². The highest BCUT2D eigenvalue weighted by Crippen LogP contribution is 2.27. The Hall–Kier alpha value is -3.83. The van der Waals surface area contributed by atoms with Crippen molar-refractivity contribution < 1.29 is 14.6 Å². The Labute approximate surface area is 184 Å². The van der Waals surface area contributed by atoms with Crippen LogP contribution in [0, 0.1) is 0 Å². The summed E-state index contributed by atoms with van der Waals surface area (Å²) < 4.78 is 6.05. The minimum absolute atomic E-state index is 0.104. The van der Waals surface area contributed by atoms with Gasteiger partial charge in [-0.2, -0.15) is 5.10 Å². The molecule has 6 heteroatoms. The van der Waals surface area contributed by atoms with Crippen LogP contribution in [0.15, 0.2) is 90.0 Å². The first-order chi connectivity index (χ1) is 15.1. The lowest BCUT2D eigenvalue weighted by Crippen LogP contribution is -2.17. The number of nitrogens with zero attached hydrogens (tertiary/aromatic N) is 1. The summed E-state index contributed by atoms with van der Waals surface area (Å²) in [5.74, 6) is 0.0276. The van der Waals surface area contributed by atoms with E-state index in [1.54, 1.807) is 18.3 Å². The molecular weight excluding hydrogens is 412 g/mol. The summed E-state index contributed by atoms with van der Waals surface area (Å²) >= 11 is 5.95. The Balaban J connectivity index is 1.59. The molecule has 0 aromatic heterocycles. The van der Waals surface area contributed by atoms with Gasteiger partial charge in [-0.15, -0.1) is 0 Å². The number of amides is 1. The Morgan fingerprint density at radius 1 is 0.968 bits per heavy atom. The molecule has 0 heterocycles. The maximum Gasteiger partial charge on any atom is 0.275 e. The molecule has 0 fully saturated rings. The molecule has 0 aliphatic rings. The molecule has 4 aromatic carbocycles. The molecule has 0 radical (unpaired) electrons. The first-order valence-electron chi connectivity index (χ1n) is 9.62. The molecule has 154 valence electrons. The summed E-state index contributed by atoms with van der Waals surface area (Å²) in [4.78, 5) is 12.3. The molecule has 31 heavy (non-hydrogen) atoms. The third-order valence-corrected chi connectivity index (χ3v) is 5.00. The summed E-state index contributed by atoms with van der Waals surface area (Å²) in [5.41, 5.74) is 4.33. The second kappa shape index (κ2) is 9.32. The Morgan fingerprint density at radius 2 is 1.71 bits per heavy atom. The molecule has 0 spiro atoms. The Bertz CT molecular complexity index is 1250. The number of hydrazone groups is 1. The standard InChI is InChI=1S/C25H19ClN2O3/c26-19-12-9-17(10-13-19)16-31-24-14-11-18-5-1-2-6-20(18)22(24)15-27-28-25(30)21-7-3-4-8-23(21)29/h1-15,29H,16H2,(H,28,30)/b27-15+. The predicted molar refractivity (Wildman–Crippen MR) is 123 cm³/mol. The van der Waals surface area contributed by atoms with Crippen LogP contribution in [0.25, 0.3) is 10.8 Å². The van der Waals surface area contributed by atoms with Gasteiger partial charge in [0.1, 0.15) is 18.1 Å². The topological polar surface area (TPSA) is 70.9 Å². The van der Waals surface area contributed by atoms with Crippen molar-refractivity contribution in [3.05, 3.63) is 107 Å². The van der Waals surface area contributed by atoms with Crippen molar-refractivity contribution in [1.82, 2.24) is 5.43 Å². The number of ether oxygens (including phenoxy) is 1. The first-order valence-corrected chi connectivity index (χ1v) is 10.00. The monoisotopic (exact) mass is 430 g/mol. The third-order valence-electron chi connectivity index (χ3n) is 4.75. The lowest BCUT2D eigenvalue weighted by atomic mass is 10.0. The molecule has 2 N–H and O–H groups in total. The average molecular weight is 431 g/mol. The highest BCUT2D eigenvalue weighted by Gasteiger charge is 2.10. The Morgan fingerprint density at radius 3 is 2.52 bits per heavy atom. The number of phenols is 1. The predicted octanol–water partition coefficient (Wildman–Crippen LogP) is 5.54. The van der Waals surface area contributed by atoms with Gasteiger partial charge in [-0.3, -0.25) is 4.79 Å². The summed E-state index contributed by atoms with van der Waals surface area (Å²) in [5, 5.41) is 16.6. The van der Waals surface area contributed by atoms with E-state index >= 15 is 0 Å². The van der Waals surface area contributed by atoms with E-state index in [0.717, 1.165) is 21.9 Å². The zero-order valence-electron chi connectivity index (χ0n) is 16.5. The molecule has 0 saturated heterocycles. The molecule has 4 aromatic rings. The van der Waals surface area contributed by atoms with Gasteiger partial charge in [0, 0.05) is 10.6 Å². The van der Waals surface area contributed by atoms with Crippen molar-refractivity contribution >= 4 is 34.5 Å². The number of aromatic hydroxyl groups is 1. The summed E-state index contributed by atoms with van der Waals surface area (Å²) in [6.07, 6.45) is 1.55. The minimum Gasteiger partial charge on any atom is -0.507 e. The molecular formula is C25H19ClN2O3. The number of hydrogen-bond donors (Lipinski definition) is 2. The van der Waals surface area contributed by atoms with Crippen molar-refractivity contribution in [2.45, 2.75) is 6.61 Å². The van der Waals surface area contributed by atoms with Crippen LogP contribution in [0.2, 0.25) is 5.02 Å². The van der Waals surface area contributed by atoms with Crippen LogP contribution in [-0.2, 0) is 6.61 Å². The van der Waals surface area contributed by atoms with Gasteiger partial charge in [-0.05, 0) is 46.7 Å². The Kier molecular flexibility index (Phi) is 6.15. The van der Waals surface area contributed by atoms with Crippen LogP contribution in [0.4, 0.5) is 0 Å². The molecule has 5 nitrogen and oxygen atoms in total. The van der Waals surface area contributed by atoms with E-state index < -0.39 is 5.91 Å². The van der Waals surface area contributed by atoms with Crippen LogP contribution >= 0.6 is 11.6 Å². The number of fused-ring (bicyclic) bond motifs is 1. The molecule has 0 saturated carbocycles. The van der Waals surface area contributed by atoms with Crippen LogP contribution < -0.4 is 10.2 Å². The second-order valence-corrected chi connectivity index (χ2v) is 7.27. The first kappa shape index (κ1) is 20.4. The highest BCUT2D eigenvalue weighted by atomic mass is 35.5. The largest absolute Gasteiger partial charge is 0.507 e. The van der Waals surface area contributed by atoms with E-state index in [2.05, 4.69) is 10.5 Å². The lowest BCUT2D eigenvalue weighted by Gasteiger charge is -2.12. The lowest BCUT2D eigenvalue weighted by molar-refractivity contribution is 0.0952. The van der Waals surface area contributed by atoms with E-state index in [1.165, 1.54) is 12.1 Å². The molecule has 1 amide bonds. The van der Waals surface area contributed by atoms with E-state index in [-0.39, 0.29) is 11.3 Å². The number of nitrogens with one attached hydrogen (secondary N) is 1. The number of carbonyl (C=O) groups is 1. The fourth-order valence-electron chi connectivity index (χ4n) is 3.16. The fraction of sp³-hybridized carbons (Fsp3) is 0.0400. The summed E-state index contributed by atoms with van der Waals surface area (Å²) in [6, 6.07) is 25.5. The number of benzene rings is 4. The number of rotatable bonds is 6. The van der Waals surface area contributed by atoms with Gasteiger partial charge in [0.05, 0.1) is 11.8 Å². The average Bonchev–Trinajstić information content (AvgIpc) is 2.79. The van der Waals surface area contributed by atoms with Gasteiger partial charge in [0.2, 0.25) is 0 Å². The van der Waals surface area contributed by atoms with Crippen LogP contribution in [-0.4, -0.2) is 17.2 Å². The molecule has 0 bridgehead atoms. The molecule has 0 aliphatic carbocycles. The summed E-state index contributed by atoms with van der Waals surface area (Å²) in [7, 11) is 0. The zero-order chi connectivity index (χ0) is 21.6. The molecule has 0 aliphatic heterocycles. The van der Waals surface area contributed by atoms with Crippen molar-refractivity contribution in [2.24, 2.45) is 5.10 Å². The quantitative estimate of drug-likeness (QED) is 0.311. The number of hydrogen-bond acceptors (Lipinski definition) is 4. The van der Waals surface area contributed by atoms with Crippen LogP contribution in [0.3, 0.4) is 0 Å². The number of para-hydroxylation sites is 1. The van der Waals surface area contributed by atoms with Gasteiger partial charge < -0.3 is 9.84 Å². The fourth-order valence-corrected chi connectivity index (χ4v) is 3.28. The number of halogens is 1. The van der Waals surface area contributed by atoms with E-state index in [1.807, 2.05) is 60.7 Å². The van der Waals surface area contributed by atoms with Crippen molar-refractivity contribution in [3.8, 4) is 11.5 Å². The second-order valence-electron chi connectivity index (χ2n) is 6.83. The maximum absolute atomic E-state index is 12.3. The number of carbonyl (C=O) groups excluding carboxylic acids is 1. The summed E-state index contributed by atoms with van der Waals surface area (Å²) in [6.45, 7) is 0.362. The molecule has 0 unspecified atom stereocenters. The SMILES string of the molecule is O=C(N/N=C/c1c(OCc2ccc(Cl)cc2)ccc2ccccc12)c1ccccc1O. The van der Waals surface area contributed by atoms with E-state index in [0.29, 0.717) is 17.4 Å². The normalized spacial score (nSPS) is 11.0. The maximum atomic E-state index is 12.3. The van der Waals surface area contributed by atoms with Crippen LogP contribution in [0.1, 0.15) is 21.5 Å². The third kappa shape index (κ3) is 4.85. The van der Waals surface area contributed by atoms with Crippen LogP contribution in [0.5, 0.6) is 11.5 Å². The van der Waals surface area contributed by atoms with Crippen molar-refractivity contribution in [3.63, 3.8) is 0 Å². The van der Waals surface area contributed by atoms with Gasteiger partial charge >= 0.3 is 0 Å². The zero-order valence-corrected chi connectivity index (χ0v) is 17.2. The van der Waals surface area contributed by atoms with Crippen molar-refractivity contribution in [1.29, 1.82) is 0 Å². The van der Waals surface area contributed by atoms with E-state index in [9.17, 15) is 9.90 Å². The van der Waals surface area contributed by atoms with E-state index in [4.69, 9.17) is 16.3 Å². The van der Waals surface area contributed by atoms with Gasteiger partial charge in [0.15, 0.2) is 0 Å². The number of phenolic OH excluding ortho intramolecular Hbond substituents is 1. The molecule has 4 rings (SSSR count). The molecule has 0 atom stereocenters. The minimum atomic E-state index is -0.502. The smallest absolute Gasteiger partial charge is 0.275 e.